The Balaban J connectivity index is 1.33. The second kappa shape index (κ2) is 10.2. The van der Waals surface area contributed by atoms with E-state index in [1.54, 1.807) is 35.5 Å². The fraction of sp³-hybridized carbons (Fsp3) is 0.318. The number of ether oxygens (including phenoxy) is 1. The molecule has 172 valence electrons. The van der Waals surface area contributed by atoms with Crippen molar-refractivity contribution in [1.82, 2.24) is 30.4 Å². The number of nitrogens with zero attached hydrogens (tertiary/aromatic N) is 4. The largest absolute Gasteiger partial charge is 0.481 e. The summed E-state index contributed by atoms with van der Waals surface area (Å²) in [5, 5.41) is 10.9. The number of amides is 2. The zero-order valence-electron chi connectivity index (χ0n) is 17.8. The predicted octanol–water partition coefficient (Wildman–Crippen LogP) is 3.35. The van der Waals surface area contributed by atoms with Crippen molar-refractivity contribution in [3.63, 3.8) is 0 Å². The van der Waals surface area contributed by atoms with Gasteiger partial charge in [-0.3, -0.25) is 19.7 Å². The molecule has 0 aromatic carbocycles. The Morgan fingerprint density at radius 3 is 2.70 bits per heavy atom. The minimum absolute atomic E-state index is 0.0367. The fourth-order valence-corrected chi connectivity index (χ4v) is 4.10. The Kier molecular flexibility index (Phi) is 7.10. The Hall–Kier alpha value is -3.17. The molecular formula is C22H22Cl2N6O3. The van der Waals surface area contributed by atoms with E-state index in [1.165, 1.54) is 13.3 Å². The standard InChI is InChI=1S/C22H22Cl2N6O3/c1-33-20-7-16(17(24)12-26-20)18-8-19(29-28-18)22(32)30-4-2-14(3-5-30)21(31)27-10-13-6-15(23)11-25-9-13/h6-9,11-12,14H,2-5,10H2,1H3,(H,27,31)(H,28,29). The van der Waals surface area contributed by atoms with Gasteiger partial charge in [-0.2, -0.15) is 5.10 Å². The van der Waals surface area contributed by atoms with Crippen LogP contribution >= 0.6 is 23.2 Å². The van der Waals surface area contributed by atoms with Gasteiger partial charge in [0.25, 0.3) is 5.91 Å². The maximum absolute atomic E-state index is 12.9. The van der Waals surface area contributed by atoms with Crippen molar-refractivity contribution in [1.29, 1.82) is 0 Å². The Morgan fingerprint density at radius 2 is 1.97 bits per heavy atom. The lowest BCUT2D eigenvalue weighted by Crippen LogP contribution is -2.43. The first kappa shape index (κ1) is 23.0. The SMILES string of the molecule is COc1cc(-c2cc(C(=O)N3CCC(C(=O)NCc4cncc(Cl)c4)CC3)n[nH]2)c(Cl)cn1. The van der Waals surface area contributed by atoms with E-state index in [0.29, 0.717) is 59.7 Å². The van der Waals surface area contributed by atoms with Crippen LogP contribution in [0.2, 0.25) is 10.0 Å². The molecule has 0 atom stereocenters. The van der Waals surface area contributed by atoms with E-state index in [0.717, 1.165) is 5.56 Å². The van der Waals surface area contributed by atoms with Crippen LogP contribution < -0.4 is 10.1 Å². The zero-order chi connectivity index (χ0) is 23.4. The molecule has 4 rings (SSSR count). The van der Waals surface area contributed by atoms with Crippen molar-refractivity contribution in [2.24, 2.45) is 5.92 Å². The molecular weight excluding hydrogens is 467 g/mol. The van der Waals surface area contributed by atoms with E-state index in [-0.39, 0.29) is 23.4 Å². The summed E-state index contributed by atoms with van der Waals surface area (Å²) in [6.45, 7) is 1.31. The van der Waals surface area contributed by atoms with Crippen molar-refractivity contribution >= 4 is 35.0 Å². The van der Waals surface area contributed by atoms with E-state index in [9.17, 15) is 9.59 Å². The Morgan fingerprint density at radius 1 is 1.18 bits per heavy atom. The van der Waals surface area contributed by atoms with Gasteiger partial charge in [0, 0.05) is 49.6 Å². The number of pyridine rings is 2. The lowest BCUT2D eigenvalue weighted by molar-refractivity contribution is -0.126. The van der Waals surface area contributed by atoms with Crippen LogP contribution in [0, 0.1) is 5.92 Å². The molecule has 0 unspecified atom stereocenters. The molecule has 0 radical (unpaired) electrons. The molecule has 0 spiro atoms. The van der Waals surface area contributed by atoms with Crippen molar-refractivity contribution in [2.75, 3.05) is 20.2 Å². The normalized spacial score (nSPS) is 14.2. The monoisotopic (exact) mass is 488 g/mol. The number of aromatic amines is 1. The second-order valence-corrected chi connectivity index (χ2v) is 8.51. The van der Waals surface area contributed by atoms with Crippen LogP contribution in [-0.4, -0.2) is 57.1 Å². The molecule has 3 aromatic heterocycles. The molecule has 0 bridgehead atoms. The van der Waals surface area contributed by atoms with Gasteiger partial charge in [-0.1, -0.05) is 23.2 Å². The number of aromatic nitrogens is 4. The summed E-state index contributed by atoms with van der Waals surface area (Å²) < 4.78 is 5.14. The van der Waals surface area contributed by atoms with Crippen LogP contribution in [0.25, 0.3) is 11.3 Å². The molecule has 33 heavy (non-hydrogen) atoms. The predicted molar refractivity (Wildman–Crippen MR) is 123 cm³/mol. The average molecular weight is 489 g/mol. The van der Waals surface area contributed by atoms with Crippen LogP contribution in [0.1, 0.15) is 28.9 Å². The Bertz CT molecular complexity index is 1160. The van der Waals surface area contributed by atoms with Gasteiger partial charge in [-0.25, -0.2) is 4.98 Å². The van der Waals surface area contributed by atoms with Gasteiger partial charge in [-0.15, -0.1) is 0 Å². The van der Waals surface area contributed by atoms with Gasteiger partial charge in [-0.05, 0) is 30.5 Å². The van der Waals surface area contributed by atoms with Gasteiger partial charge in [0.05, 0.1) is 29.0 Å². The second-order valence-electron chi connectivity index (χ2n) is 7.67. The first-order chi connectivity index (χ1) is 15.9. The molecule has 4 heterocycles. The molecule has 2 amide bonds. The number of hydrogen-bond acceptors (Lipinski definition) is 6. The van der Waals surface area contributed by atoms with Gasteiger partial charge in [0.1, 0.15) is 0 Å². The average Bonchev–Trinajstić information content (AvgIpc) is 3.32. The number of rotatable bonds is 6. The van der Waals surface area contributed by atoms with Gasteiger partial charge < -0.3 is 15.0 Å². The van der Waals surface area contributed by atoms with Crippen molar-refractivity contribution < 1.29 is 14.3 Å². The summed E-state index contributed by atoms with van der Waals surface area (Å²) in [5.74, 6) is 0.0202. The molecule has 1 aliphatic heterocycles. The molecule has 3 aromatic rings. The molecule has 2 N–H and O–H groups in total. The third kappa shape index (κ3) is 5.43. The van der Waals surface area contributed by atoms with Crippen LogP contribution in [-0.2, 0) is 11.3 Å². The van der Waals surface area contributed by atoms with Gasteiger partial charge >= 0.3 is 0 Å². The molecule has 11 heteroatoms. The van der Waals surface area contributed by atoms with Crippen molar-refractivity contribution in [2.45, 2.75) is 19.4 Å². The highest BCUT2D eigenvalue weighted by molar-refractivity contribution is 6.33. The third-order valence-electron chi connectivity index (χ3n) is 5.51. The number of methoxy groups -OCH3 is 1. The maximum Gasteiger partial charge on any atom is 0.274 e. The highest BCUT2D eigenvalue weighted by Crippen LogP contribution is 2.29. The quantitative estimate of drug-likeness (QED) is 0.549. The molecule has 1 fully saturated rings. The Labute approximate surface area is 200 Å². The molecule has 9 nitrogen and oxygen atoms in total. The van der Waals surface area contributed by atoms with E-state index in [4.69, 9.17) is 27.9 Å². The van der Waals surface area contributed by atoms with Gasteiger partial charge in [0.15, 0.2) is 5.69 Å². The van der Waals surface area contributed by atoms with Crippen molar-refractivity contribution in [3.8, 4) is 17.1 Å². The number of halogens is 2. The highest BCUT2D eigenvalue weighted by atomic mass is 35.5. The number of piperidine rings is 1. The van der Waals surface area contributed by atoms with Crippen molar-refractivity contribution in [3.05, 3.63) is 58.1 Å². The van der Waals surface area contributed by atoms with Crippen LogP contribution in [0.5, 0.6) is 5.88 Å². The highest BCUT2D eigenvalue weighted by Gasteiger charge is 2.29. The molecule has 1 aliphatic rings. The smallest absolute Gasteiger partial charge is 0.274 e. The first-order valence-electron chi connectivity index (χ1n) is 10.4. The molecule has 0 aliphatic carbocycles. The van der Waals surface area contributed by atoms with Crippen LogP contribution in [0.15, 0.2) is 36.8 Å². The number of H-pyrrole nitrogens is 1. The number of carbonyl (C=O) groups excluding carboxylic acids is 2. The minimum atomic E-state index is -0.196. The van der Waals surface area contributed by atoms with E-state index in [2.05, 4.69) is 25.5 Å². The van der Waals surface area contributed by atoms with E-state index in [1.807, 2.05) is 0 Å². The molecule has 1 saturated heterocycles. The van der Waals surface area contributed by atoms with E-state index < -0.39 is 0 Å². The lowest BCUT2D eigenvalue weighted by Gasteiger charge is -2.30. The summed E-state index contributed by atoms with van der Waals surface area (Å²) in [6, 6.07) is 5.10. The van der Waals surface area contributed by atoms with Gasteiger partial charge in [0.2, 0.25) is 11.8 Å². The lowest BCUT2D eigenvalue weighted by atomic mass is 9.95. The number of likely N-dealkylation sites (tertiary alicyclic amines) is 1. The fourth-order valence-electron chi connectivity index (χ4n) is 3.70. The number of carbonyl (C=O) groups is 2. The summed E-state index contributed by atoms with van der Waals surface area (Å²) >= 11 is 12.2. The number of nitrogens with one attached hydrogen (secondary N) is 2. The maximum atomic E-state index is 12.9. The summed E-state index contributed by atoms with van der Waals surface area (Å²) in [4.78, 5) is 35.2. The third-order valence-corrected chi connectivity index (χ3v) is 6.02. The summed E-state index contributed by atoms with van der Waals surface area (Å²) in [7, 11) is 1.51. The number of hydrogen-bond donors (Lipinski definition) is 2. The first-order valence-corrected chi connectivity index (χ1v) is 11.1. The minimum Gasteiger partial charge on any atom is -0.481 e. The summed E-state index contributed by atoms with van der Waals surface area (Å²) in [5.41, 5.74) is 2.35. The molecule has 0 saturated carbocycles. The van der Waals surface area contributed by atoms with Crippen LogP contribution in [0.4, 0.5) is 0 Å². The topological polar surface area (TPSA) is 113 Å². The van der Waals surface area contributed by atoms with Crippen LogP contribution in [0.3, 0.4) is 0 Å². The van der Waals surface area contributed by atoms with E-state index >= 15 is 0 Å². The summed E-state index contributed by atoms with van der Waals surface area (Å²) in [6.07, 6.45) is 5.86. The zero-order valence-corrected chi connectivity index (χ0v) is 19.4.